The van der Waals surface area contributed by atoms with E-state index in [4.69, 9.17) is 0 Å². The summed E-state index contributed by atoms with van der Waals surface area (Å²) in [6.45, 7) is 29.0. The lowest BCUT2D eigenvalue weighted by Gasteiger charge is -2.29. The number of para-hydroxylation sites is 4. The molecule has 0 bridgehead atoms. The lowest BCUT2D eigenvalue weighted by atomic mass is 9.84. The zero-order valence-corrected chi connectivity index (χ0v) is 90.3. The summed E-state index contributed by atoms with van der Waals surface area (Å²) >= 11 is 0. The molecule has 4 nitrogen and oxygen atoms in total. The predicted octanol–water partition coefficient (Wildman–Crippen LogP) is 38.7. The molecule has 0 heterocycles. The van der Waals surface area contributed by atoms with Crippen molar-refractivity contribution in [2.45, 2.75) is 78.6 Å². The molecule has 24 aromatic rings. The minimum atomic E-state index is -1.54. The van der Waals surface area contributed by atoms with Gasteiger partial charge >= 0.3 is 0 Å². The van der Waals surface area contributed by atoms with E-state index in [1.807, 2.05) is 0 Å². The molecule has 0 aromatic heterocycles. The summed E-state index contributed by atoms with van der Waals surface area (Å²) in [5.74, 6) is 0. The molecule has 8 heteroatoms. The van der Waals surface area contributed by atoms with Gasteiger partial charge in [0.15, 0.2) is 0 Å². The Kier molecular flexibility index (Phi) is 25.3. The Balaban J connectivity index is 0.000000163. The van der Waals surface area contributed by atoms with Crippen LogP contribution in [0.4, 0.5) is 68.2 Å². The van der Waals surface area contributed by atoms with E-state index in [1.54, 1.807) is 0 Å². The number of benzene rings is 24. The van der Waals surface area contributed by atoms with Crippen LogP contribution in [0.25, 0.3) is 153 Å². The second-order valence-corrected chi connectivity index (χ2v) is 64.0. The molecule has 716 valence electrons. The average Bonchev–Trinajstić information content (AvgIpc) is 0.705. The molecular formula is C140H120N4Si4. The zero-order chi connectivity index (χ0) is 101. The van der Waals surface area contributed by atoms with Crippen LogP contribution >= 0.6 is 0 Å². The average molecular weight is 1970 g/mol. The first kappa shape index (κ1) is 95.0. The highest BCUT2D eigenvalue weighted by Gasteiger charge is 2.30. The highest BCUT2D eigenvalue weighted by molar-refractivity contribution is 6.90. The number of nitrogens with zero attached hydrogens (tertiary/aromatic N) is 4. The van der Waals surface area contributed by atoms with E-state index in [0.717, 1.165) is 68.2 Å². The van der Waals surface area contributed by atoms with Crippen LogP contribution < -0.4 is 40.3 Å². The molecule has 0 aliphatic carbocycles. The van der Waals surface area contributed by atoms with Crippen LogP contribution in [0.2, 0.25) is 78.6 Å². The second kappa shape index (κ2) is 39.4. The molecule has 0 saturated carbocycles. The van der Waals surface area contributed by atoms with Crippen LogP contribution in [0.5, 0.6) is 0 Å². The van der Waals surface area contributed by atoms with Crippen LogP contribution in [0, 0.1) is 0 Å². The van der Waals surface area contributed by atoms with Gasteiger partial charge in [0.2, 0.25) is 0 Å². The fraction of sp³-hybridized carbons (Fsp3) is 0.0857. The number of anilines is 12. The van der Waals surface area contributed by atoms with Gasteiger partial charge in [-0.05, 0) is 335 Å². The summed E-state index contributed by atoms with van der Waals surface area (Å²) < 4.78 is 0. The van der Waals surface area contributed by atoms with Crippen LogP contribution in [0.15, 0.2) is 510 Å². The topological polar surface area (TPSA) is 13.0 Å². The molecule has 0 aliphatic heterocycles. The normalized spacial score (nSPS) is 11.9. The first-order chi connectivity index (χ1) is 71.9. The summed E-state index contributed by atoms with van der Waals surface area (Å²) in [5.41, 5.74) is 27.8. The number of fused-ring (bicyclic) bond motifs is 8. The summed E-state index contributed by atoms with van der Waals surface area (Å²) in [6.07, 6.45) is 0. The Hall–Kier alpha value is -16.6. The number of rotatable bonds is 22. The third-order valence-electron chi connectivity index (χ3n) is 29.8. The molecule has 0 saturated heterocycles. The van der Waals surface area contributed by atoms with Gasteiger partial charge in [0.1, 0.15) is 0 Å². The maximum absolute atomic E-state index is 2.47. The van der Waals surface area contributed by atoms with Crippen molar-refractivity contribution in [1.29, 1.82) is 0 Å². The minimum Gasteiger partial charge on any atom is -0.310 e. The van der Waals surface area contributed by atoms with Crippen molar-refractivity contribution in [2.75, 3.05) is 19.6 Å². The third-order valence-corrected chi connectivity index (χ3v) is 38.0. The first-order valence-corrected chi connectivity index (χ1v) is 66.0. The van der Waals surface area contributed by atoms with Crippen LogP contribution in [-0.2, 0) is 0 Å². The Bertz CT molecular complexity index is 8510. The second-order valence-electron chi connectivity index (χ2n) is 43.7. The first-order valence-electron chi connectivity index (χ1n) is 52.0. The van der Waals surface area contributed by atoms with E-state index in [2.05, 4.69) is 608 Å². The summed E-state index contributed by atoms with van der Waals surface area (Å²) in [6, 6.07) is 190. The Morgan fingerprint density at radius 2 is 0.291 bits per heavy atom. The molecule has 24 rings (SSSR count). The molecule has 0 aliphatic rings. The molecule has 0 spiro atoms. The van der Waals surface area contributed by atoms with E-state index in [-0.39, 0.29) is 0 Å². The molecule has 148 heavy (non-hydrogen) atoms. The van der Waals surface area contributed by atoms with Crippen molar-refractivity contribution in [3.8, 4) is 66.8 Å². The van der Waals surface area contributed by atoms with Crippen molar-refractivity contribution >= 4 is 207 Å². The molecule has 0 fully saturated rings. The molecule has 0 amide bonds. The number of hydrogen-bond donors (Lipinski definition) is 0. The number of hydrogen-bond acceptors (Lipinski definition) is 4. The molecule has 0 unspecified atom stereocenters. The molecule has 0 radical (unpaired) electrons. The van der Waals surface area contributed by atoms with E-state index >= 15 is 0 Å². The summed E-state index contributed by atoms with van der Waals surface area (Å²) in [7, 11) is -6.13. The van der Waals surface area contributed by atoms with E-state index in [9.17, 15) is 0 Å². The minimum absolute atomic E-state index is 1.11. The van der Waals surface area contributed by atoms with Crippen LogP contribution in [-0.4, -0.2) is 32.3 Å². The van der Waals surface area contributed by atoms with Gasteiger partial charge in [-0.25, -0.2) is 0 Å². The summed E-state index contributed by atoms with van der Waals surface area (Å²) in [5, 5.41) is 25.3. The van der Waals surface area contributed by atoms with Crippen LogP contribution in [0.1, 0.15) is 0 Å². The molecular weight excluding hydrogens is 1850 g/mol. The largest absolute Gasteiger partial charge is 0.310 e. The molecule has 24 aromatic carbocycles. The van der Waals surface area contributed by atoms with Crippen molar-refractivity contribution in [2.24, 2.45) is 0 Å². The van der Waals surface area contributed by atoms with Gasteiger partial charge in [-0.15, -0.1) is 0 Å². The van der Waals surface area contributed by atoms with Gasteiger partial charge in [0.25, 0.3) is 0 Å². The van der Waals surface area contributed by atoms with Crippen molar-refractivity contribution in [1.82, 2.24) is 0 Å². The third kappa shape index (κ3) is 19.0. The van der Waals surface area contributed by atoms with Crippen molar-refractivity contribution in [3.05, 3.63) is 510 Å². The van der Waals surface area contributed by atoms with E-state index in [0.29, 0.717) is 0 Å². The smallest absolute Gasteiger partial charge is 0.0775 e. The highest BCUT2D eigenvalue weighted by Crippen LogP contribution is 2.53. The highest BCUT2D eigenvalue weighted by atomic mass is 28.3. The Morgan fingerprint density at radius 3 is 0.527 bits per heavy atom. The Morgan fingerprint density at radius 1 is 0.115 bits per heavy atom. The van der Waals surface area contributed by atoms with Gasteiger partial charge in [0.05, 0.1) is 32.3 Å². The molecule has 0 atom stereocenters. The maximum atomic E-state index is 2.47. The fourth-order valence-corrected chi connectivity index (χ4v) is 26.5. The standard InChI is InChI=1S/C72H60N2Si2.C68H60N2Si2/c1-75(2,3)65-35-29-61(30-36-65)73(59-21-9-7-10-22-59)63-33-39-67-69(47-63)71(55-27-25-53-41-49-17-13-15-19-51(49)43-57(53)45-55)68-40-34-64(74(60-23-11-8-12-24-60)62-31-37-66(38-32-62)76(4,5)6)48-70(68)72(67)56-28-26-54-42-50-18-14-16-20-52(50)44-58(54)46-56;1-71(2,3)61-41-35-57(36-42-61)69(55-23-15-9-16-24-55)59-39-45-63-65(47-59)67(53-31-27-51(28-32-53)49-19-11-7-12-20-49)64-46-40-60(48-66(64)68(63)54-33-29-52(30-34-54)50-21-13-8-14-22-50)70(56-25-17-10-18-26-56)58-37-43-62(44-38-58)72(4,5)6/h7-48H,1-6H3;7-48H,1-6H3. The van der Waals surface area contributed by atoms with Gasteiger partial charge in [0, 0.05) is 68.2 Å². The lowest BCUT2D eigenvalue weighted by Crippen LogP contribution is -2.37. The molecule has 0 N–H and O–H groups in total. The predicted molar refractivity (Wildman–Crippen MR) is 656 cm³/mol. The van der Waals surface area contributed by atoms with Gasteiger partial charge < -0.3 is 19.6 Å². The Labute approximate surface area is 875 Å². The van der Waals surface area contributed by atoms with Crippen LogP contribution in [0.3, 0.4) is 0 Å². The van der Waals surface area contributed by atoms with E-state index in [1.165, 1.54) is 174 Å². The SMILES string of the molecule is C[Si](C)(C)c1ccc(N(c2ccccc2)c2ccc3c(-c4ccc(-c5ccccc5)cc4)c4cc(N(c5ccccc5)c5ccc([Si](C)(C)C)cc5)ccc4c(-c4ccc(-c5ccccc5)cc4)c3c2)cc1.C[Si](C)(C)c1ccc(N(c2ccccc2)c2ccc3c(-c4ccc5cc6ccccc6cc5c4)c4cc(N(c5ccccc5)c5ccc([Si](C)(C)C)cc5)ccc4c(-c4ccc5cc6ccccc6cc5c4)c3c2)cc1. The van der Waals surface area contributed by atoms with Gasteiger partial charge in [-0.1, -0.05) is 427 Å². The van der Waals surface area contributed by atoms with Gasteiger partial charge in [-0.2, -0.15) is 0 Å². The summed E-state index contributed by atoms with van der Waals surface area (Å²) in [4.78, 5) is 9.71. The lowest BCUT2D eigenvalue weighted by molar-refractivity contribution is 1.29. The van der Waals surface area contributed by atoms with Crippen molar-refractivity contribution in [3.63, 3.8) is 0 Å². The van der Waals surface area contributed by atoms with Gasteiger partial charge in [-0.3, -0.25) is 0 Å². The quantitative estimate of drug-likeness (QED) is 0.0495. The van der Waals surface area contributed by atoms with Crippen molar-refractivity contribution < 1.29 is 0 Å². The zero-order valence-electron chi connectivity index (χ0n) is 86.3. The van der Waals surface area contributed by atoms with E-state index < -0.39 is 32.3 Å². The monoisotopic (exact) mass is 1970 g/mol. The fourth-order valence-electron chi connectivity index (χ4n) is 21.9. The maximum Gasteiger partial charge on any atom is 0.0775 e.